The van der Waals surface area contributed by atoms with E-state index in [0.29, 0.717) is 6.61 Å². The second kappa shape index (κ2) is 7.85. The third-order valence-electron chi connectivity index (χ3n) is 3.99. The van der Waals surface area contributed by atoms with Crippen molar-refractivity contribution in [3.05, 3.63) is 59.9 Å². The number of aromatic nitrogens is 1. The Kier molecular flexibility index (Phi) is 5.34. The number of piperazine rings is 1. The SMILES string of the molecule is O=CC(c1ccc(OCc2ccncc2)cc1)N1CC[N]CC1. The molecule has 1 aromatic heterocycles. The zero-order valence-corrected chi connectivity index (χ0v) is 13.0. The highest BCUT2D eigenvalue weighted by molar-refractivity contribution is 5.61. The summed E-state index contributed by atoms with van der Waals surface area (Å²) in [7, 11) is 0. The van der Waals surface area contributed by atoms with Gasteiger partial charge in [-0.05, 0) is 35.4 Å². The lowest BCUT2D eigenvalue weighted by atomic mass is 10.1. The van der Waals surface area contributed by atoms with E-state index in [0.717, 1.165) is 49.3 Å². The number of hydrogen-bond acceptors (Lipinski definition) is 4. The number of nitrogens with zero attached hydrogens (tertiary/aromatic N) is 3. The number of carbonyl (C=O) groups is 1. The molecule has 5 heteroatoms. The smallest absolute Gasteiger partial charge is 0.141 e. The molecule has 2 heterocycles. The number of hydrogen-bond donors (Lipinski definition) is 0. The van der Waals surface area contributed by atoms with Crippen molar-refractivity contribution in [2.24, 2.45) is 0 Å². The highest BCUT2D eigenvalue weighted by Gasteiger charge is 2.21. The van der Waals surface area contributed by atoms with Gasteiger partial charge in [-0.25, -0.2) is 5.32 Å². The first kappa shape index (κ1) is 15.6. The Hall–Kier alpha value is -2.24. The molecule has 1 fully saturated rings. The molecule has 1 unspecified atom stereocenters. The second-order valence-electron chi connectivity index (χ2n) is 5.50. The van der Waals surface area contributed by atoms with Gasteiger partial charge in [-0.15, -0.1) is 0 Å². The molecule has 1 atom stereocenters. The number of ether oxygens (including phenoxy) is 1. The molecular weight excluding hydrogens is 290 g/mol. The molecule has 0 aliphatic carbocycles. The Balaban J connectivity index is 1.62. The summed E-state index contributed by atoms with van der Waals surface area (Å²) in [5.41, 5.74) is 2.07. The number of benzene rings is 1. The van der Waals surface area contributed by atoms with Crippen LogP contribution < -0.4 is 10.1 Å². The summed E-state index contributed by atoms with van der Waals surface area (Å²) in [5.74, 6) is 0.795. The first-order valence-corrected chi connectivity index (χ1v) is 7.81. The summed E-state index contributed by atoms with van der Waals surface area (Å²) in [6, 6.07) is 11.4. The summed E-state index contributed by atoms with van der Waals surface area (Å²) < 4.78 is 5.76. The van der Waals surface area contributed by atoms with Crippen LogP contribution in [0, 0.1) is 0 Å². The van der Waals surface area contributed by atoms with Crippen molar-refractivity contribution in [2.75, 3.05) is 26.2 Å². The monoisotopic (exact) mass is 310 g/mol. The second-order valence-corrected chi connectivity index (χ2v) is 5.50. The van der Waals surface area contributed by atoms with E-state index in [2.05, 4.69) is 15.2 Å². The van der Waals surface area contributed by atoms with Gasteiger partial charge >= 0.3 is 0 Å². The number of aldehydes is 1. The van der Waals surface area contributed by atoms with Gasteiger partial charge in [-0.2, -0.15) is 0 Å². The minimum Gasteiger partial charge on any atom is -0.489 e. The van der Waals surface area contributed by atoms with E-state index in [-0.39, 0.29) is 6.04 Å². The van der Waals surface area contributed by atoms with Crippen LogP contribution in [0.15, 0.2) is 48.8 Å². The molecule has 5 nitrogen and oxygen atoms in total. The molecule has 0 N–H and O–H groups in total. The van der Waals surface area contributed by atoms with E-state index in [1.54, 1.807) is 12.4 Å². The fourth-order valence-corrected chi connectivity index (χ4v) is 2.68. The van der Waals surface area contributed by atoms with Gasteiger partial charge in [0.2, 0.25) is 0 Å². The standard InChI is InChI=1S/C18H20N3O2/c22-13-18(21-11-9-20-10-12-21)16-1-3-17(4-2-16)23-14-15-5-7-19-8-6-15/h1-8,13,18H,9-12,14H2. The molecule has 1 radical (unpaired) electrons. The third-order valence-corrected chi connectivity index (χ3v) is 3.99. The highest BCUT2D eigenvalue weighted by Crippen LogP contribution is 2.22. The van der Waals surface area contributed by atoms with Gasteiger partial charge in [0, 0.05) is 38.6 Å². The van der Waals surface area contributed by atoms with Crippen LogP contribution in [0.25, 0.3) is 0 Å². The fourth-order valence-electron chi connectivity index (χ4n) is 2.68. The van der Waals surface area contributed by atoms with E-state index in [4.69, 9.17) is 4.74 Å². The van der Waals surface area contributed by atoms with E-state index in [1.165, 1.54) is 0 Å². The van der Waals surface area contributed by atoms with Crippen LogP contribution in [0.4, 0.5) is 0 Å². The summed E-state index contributed by atoms with van der Waals surface area (Å²) in [6.07, 6.45) is 4.51. The lowest BCUT2D eigenvalue weighted by molar-refractivity contribution is -0.112. The molecule has 0 amide bonds. The largest absolute Gasteiger partial charge is 0.489 e. The minimum atomic E-state index is -0.195. The summed E-state index contributed by atoms with van der Waals surface area (Å²) in [4.78, 5) is 17.6. The fraction of sp³-hybridized carbons (Fsp3) is 0.333. The van der Waals surface area contributed by atoms with Crippen LogP contribution in [-0.2, 0) is 11.4 Å². The van der Waals surface area contributed by atoms with Gasteiger partial charge in [-0.1, -0.05) is 12.1 Å². The molecule has 1 aromatic carbocycles. The lowest BCUT2D eigenvalue weighted by Gasteiger charge is -2.31. The Labute approximate surface area is 136 Å². The Morgan fingerprint density at radius 3 is 2.43 bits per heavy atom. The lowest BCUT2D eigenvalue weighted by Crippen LogP contribution is -2.42. The maximum absolute atomic E-state index is 11.5. The van der Waals surface area contributed by atoms with Crippen LogP contribution in [-0.4, -0.2) is 42.3 Å². The molecular formula is C18H20N3O2. The number of pyridine rings is 1. The third kappa shape index (κ3) is 4.15. The van der Waals surface area contributed by atoms with Gasteiger partial charge in [0.15, 0.2) is 0 Å². The van der Waals surface area contributed by atoms with Gasteiger partial charge in [0.25, 0.3) is 0 Å². The molecule has 0 bridgehead atoms. The van der Waals surface area contributed by atoms with Crippen LogP contribution in [0.2, 0.25) is 0 Å². The van der Waals surface area contributed by atoms with Crippen molar-refractivity contribution in [3.8, 4) is 5.75 Å². The van der Waals surface area contributed by atoms with Crippen molar-refractivity contribution >= 4 is 6.29 Å². The van der Waals surface area contributed by atoms with Crippen molar-refractivity contribution < 1.29 is 9.53 Å². The van der Waals surface area contributed by atoms with Gasteiger partial charge in [0.05, 0.1) is 6.04 Å². The quantitative estimate of drug-likeness (QED) is 0.764. The molecule has 119 valence electrons. The predicted molar refractivity (Wildman–Crippen MR) is 87.3 cm³/mol. The van der Waals surface area contributed by atoms with Crippen molar-refractivity contribution in [3.63, 3.8) is 0 Å². The molecule has 3 rings (SSSR count). The Morgan fingerprint density at radius 2 is 1.78 bits per heavy atom. The average molecular weight is 310 g/mol. The summed E-state index contributed by atoms with van der Waals surface area (Å²) in [5, 5.41) is 4.32. The molecule has 1 aliphatic rings. The molecule has 2 aromatic rings. The normalized spacial score (nSPS) is 16.7. The maximum atomic E-state index is 11.5. The first-order chi connectivity index (χ1) is 11.4. The minimum absolute atomic E-state index is 0.195. The van der Waals surface area contributed by atoms with Crippen molar-refractivity contribution in [1.29, 1.82) is 0 Å². The molecule has 23 heavy (non-hydrogen) atoms. The molecule has 1 saturated heterocycles. The Bertz CT molecular complexity index is 610. The molecule has 0 saturated carbocycles. The maximum Gasteiger partial charge on any atom is 0.141 e. The topological polar surface area (TPSA) is 56.5 Å². The van der Waals surface area contributed by atoms with Gasteiger partial charge in [-0.3, -0.25) is 9.88 Å². The zero-order chi connectivity index (χ0) is 15.9. The van der Waals surface area contributed by atoms with E-state index in [1.807, 2.05) is 36.4 Å². The molecule has 1 aliphatic heterocycles. The van der Waals surface area contributed by atoms with E-state index in [9.17, 15) is 4.79 Å². The van der Waals surface area contributed by atoms with E-state index >= 15 is 0 Å². The van der Waals surface area contributed by atoms with Crippen LogP contribution in [0.5, 0.6) is 5.75 Å². The Morgan fingerprint density at radius 1 is 1.09 bits per heavy atom. The number of carbonyl (C=O) groups excluding carboxylic acids is 1. The van der Waals surface area contributed by atoms with Crippen LogP contribution >= 0.6 is 0 Å². The van der Waals surface area contributed by atoms with Gasteiger partial charge in [0.1, 0.15) is 18.6 Å². The molecule has 0 spiro atoms. The van der Waals surface area contributed by atoms with Crippen molar-refractivity contribution in [2.45, 2.75) is 12.6 Å². The van der Waals surface area contributed by atoms with Gasteiger partial charge < -0.3 is 9.53 Å². The van der Waals surface area contributed by atoms with E-state index < -0.39 is 0 Å². The average Bonchev–Trinajstić information content (AvgIpc) is 2.63. The van der Waals surface area contributed by atoms with Crippen LogP contribution in [0.1, 0.15) is 17.2 Å². The van der Waals surface area contributed by atoms with Crippen molar-refractivity contribution in [1.82, 2.24) is 15.2 Å². The highest BCUT2D eigenvalue weighted by atomic mass is 16.5. The summed E-state index contributed by atoms with van der Waals surface area (Å²) >= 11 is 0. The zero-order valence-electron chi connectivity index (χ0n) is 13.0. The summed E-state index contributed by atoms with van der Waals surface area (Å²) in [6.45, 7) is 3.79. The predicted octanol–water partition coefficient (Wildman–Crippen LogP) is 1.82. The van der Waals surface area contributed by atoms with Crippen LogP contribution in [0.3, 0.4) is 0 Å². The first-order valence-electron chi connectivity index (χ1n) is 7.81. The number of rotatable bonds is 6.